The number of hydrogen-bond acceptors (Lipinski definition) is 0. The van der Waals surface area contributed by atoms with Crippen molar-refractivity contribution >= 4 is 42.5 Å². The Kier molecular flexibility index (Phi) is 5.68. The Morgan fingerprint density at radius 2 is 0.935 bits per heavy atom. The van der Waals surface area contributed by atoms with E-state index in [1.54, 1.807) is 0 Å². The van der Waals surface area contributed by atoms with Crippen molar-refractivity contribution in [1.29, 1.82) is 0 Å². The first-order valence-corrected chi connectivity index (χ1v) is 11.5. The third-order valence-electron chi connectivity index (χ3n) is 5.55. The smallest absolute Gasteiger partial charge is 0.0293 e. The molecule has 1 heteroatoms. The van der Waals surface area contributed by atoms with E-state index >= 15 is 0 Å². The second-order valence-corrected chi connectivity index (χ2v) is 8.61. The van der Waals surface area contributed by atoms with Gasteiger partial charge in [-0.15, -0.1) is 0 Å². The van der Waals surface area contributed by atoms with Gasteiger partial charge in [0.05, 0.1) is 0 Å². The standard InChI is InChI=1S/C30H21I/c31-30(29(23-14-6-2-7-15-23)24-16-8-3-9-17-24)28-21-26-19-11-10-18-25(26)20-27(28)22-12-4-1-5-13-22/h1-21H. The van der Waals surface area contributed by atoms with E-state index in [9.17, 15) is 0 Å². The Hall–Kier alpha value is -3.17. The molecule has 0 saturated heterocycles. The molecule has 5 aromatic carbocycles. The highest BCUT2D eigenvalue weighted by atomic mass is 127. The van der Waals surface area contributed by atoms with Crippen LogP contribution in [0.2, 0.25) is 0 Å². The zero-order valence-corrected chi connectivity index (χ0v) is 19.2. The van der Waals surface area contributed by atoms with Crippen LogP contribution in [-0.4, -0.2) is 0 Å². The zero-order valence-electron chi connectivity index (χ0n) is 17.0. The second kappa shape index (κ2) is 8.91. The molecule has 0 unspecified atom stereocenters. The van der Waals surface area contributed by atoms with E-state index < -0.39 is 0 Å². The molecule has 0 aliphatic rings. The first kappa shape index (κ1) is 19.8. The van der Waals surface area contributed by atoms with Gasteiger partial charge in [-0.25, -0.2) is 0 Å². The predicted molar refractivity (Wildman–Crippen MR) is 142 cm³/mol. The molecule has 31 heavy (non-hydrogen) atoms. The zero-order chi connectivity index (χ0) is 21.0. The van der Waals surface area contributed by atoms with Crippen LogP contribution in [0.15, 0.2) is 127 Å². The lowest BCUT2D eigenvalue weighted by Gasteiger charge is -2.17. The fourth-order valence-electron chi connectivity index (χ4n) is 4.04. The Bertz CT molecular complexity index is 1310. The van der Waals surface area contributed by atoms with E-state index in [2.05, 4.69) is 150 Å². The van der Waals surface area contributed by atoms with Crippen molar-refractivity contribution in [3.63, 3.8) is 0 Å². The molecule has 0 aliphatic heterocycles. The van der Waals surface area contributed by atoms with Crippen molar-refractivity contribution in [1.82, 2.24) is 0 Å². The summed E-state index contributed by atoms with van der Waals surface area (Å²) in [6, 6.07) is 45.4. The quantitative estimate of drug-likeness (QED) is 0.168. The molecule has 5 rings (SSSR count). The Balaban J connectivity index is 1.85. The maximum atomic E-state index is 2.54. The number of rotatable bonds is 4. The lowest BCUT2D eigenvalue weighted by atomic mass is 9.91. The monoisotopic (exact) mass is 508 g/mol. The molecular formula is C30H21I. The SMILES string of the molecule is IC(=C(c1ccccc1)c1ccccc1)c1cc2ccccc2cc1-c1ccccc1. The Labute approximate surface area is 197 Å². The number of hydrogen-bond donors (Lipinski definition) is 0. The van der Waals surface area contributed by atoms with Crippen molar-refractivity contribution in [3.05, 3.63) is 144 Å². The summed E-state index contributed by atoms with van der Waals surface area (Å²) in [5, 5.41) is 2.52. The average molecular weight is 508 g/mol. The van der Waals surface area contributed by atoms with E-state index in [-0.39, 0.29) is 0 Å². The highest BCUT2D eigenvalue weighted by molar-refractivity contribution is 14.1. The van der Waals surface area contributed by atoms with Crippen LogP contribution in [-0.2, 0) is 0 Å². The summed E-state index contributed by atoms with van der Waals surface area (Å²) in [6.07, 6.45) is 0. The van der Waals surface area contributed by atoms with E-state index in [1.807, 2.05) is 0 Å². The number of fused-ring (bicyclic) bond motifs is 1. The highest BCUT2D eigenvalue weighted by Gasteiger charge is 2.16. The third kappa shape index (κ3) is 4.06. The van der Waals surface area contributed by atoms with Crippen LogP contribution < -0.4 is 0 Å². The Morgan fingerprint density at radius 3 is 1.48 bits per heavy atom. The van der Waals surface area contributed by atoms with E-state index in [0.717, 1.165) is 0 Å². The van der Waals surface area contributed by atoms with Gasteiger partial charge in [0.1, 0.15) is 0 Å². The molecule has 0 fully saturated rings. The summed E-state index contributed by atoms with van der Waals surface area (Å²) in [5.74, 6) is 0. The van der Waals surface area contributed by atoms with Crippen molar-refractivity contribution in [2.75, 3.05) is 0 Å². The molecule has 0 aliphatic carbocycles. The van der Waals surface area contributed by atoms with Gasteiger partial charge in [-0.3, -0.25) is 0 Å². The minimum atomic E-state index is 1.23. The molecule has 0 atom stereocenters. The van der Waals surface area contributed by atoms with Gasteiger partial charge in [0, 0.05) is 9.15 Å². The third-order valence-corrected chi connectivity index (χ3v) is 6.67. The van der Waals surface area contributed by atoms with Crippen LogP contribution in [0.5, 0.6) is 0 Å². The highest BCUT2D eigenvalue weighted by Crippen LogP contribution is 2.42. The molecule has 0 nitrogen and oxygen atoms in total. The maximum Gasteiger partial charge on any atom is 0.0293 e. The summed E-state index contributed by atoms with van der Waals surface area (Å²) in [5.41, 5.74) is 7.46. The van der Waals surface area contributed by atoms with Crippen molar-refractivity contribution < 1.29 is 0 Å². The Morgan fingerprint density at radius 1 is 0.484 bits per heavy atom. The van der Waals surface area contributed by atoms with Crippen LogP contribution >= 0.6 is 22.6 Å². The van der Waals surface area contributed by atoms with Crippen LogP contribution in [0, 0.1) is 0 Å². The summed E-state index contributed by atoms with van der Waals surface area (Å²) in [4.78, 5) is 0. The van der Waals surface area contributed by atoms with Crippen molar-refractivity contribution in [3.8, 4) is 11.1 Å². The predicted octanol–water partition coefficient (Wildman–Crippen LogP) is 8.86. The van der Waals surface area contributed by atoms with Crippen LogP contribution in [0.4, 0.5) is 0 Å². The van der Waals surface area contributed by atoms with E-state index in [4.69, 9.17) is 0 Å². The fourth-order valence-corrected chi connectivity index (χ4v) is 5.11. The fraction of sp³-hybridized carbons (Fsp3) is 0. The normalized spacial score (nSPS) is 10.7. The molecule has 0 heterocycles. The lowest BCUT2D eigenvalue weighted by molar-refractivity contribution is 1.55. The van der Waals surface area contributed by atoms with Gasteiger partial charge in [-0.1, -0.05) is 115 Å². The average Bonchev–Trinajstić information content (AvgIpc) is 2.85. The largest absolute Gasteiger partial charge is 0.0622 e. The summed E-state index contributed by atoms with van der Waals surface area (Å²) >= 11 is 2.54. The minimum absolute atomic E-state index is 1.23. The molecule has 0 N–H and O–H groups in total. The lowest BCUT2D eigenvalue weighted by Crippen LogP contribution is -1.94. The number of halogens is 1. The minimum Gasteiger partial charge on any atom is -0.0622 e. The second-order valence-electron chi connectivity index (χ2n) is 7.53. The van der Waals surface area contributed by atoms with Gasteiger partial charge in [-0.05, 0) is 73.3 Å². The van der Waals surface area contributed by atoms with Crippen LogP contribution in [0.25, 0.3) is 31.1 Å². The van der Waals surface area contributed by atoms with Crippen LogP contribution in [0.1, 0.15) is 16.7 Å². The van der Waals surface area contributed by atoms with Gasteiger partial charge in [-0.2, -0.15) is 0 Å². The molecular weight excluding hydrogens is 487 g/mol. The van der Waals surface area contributed by atoms with Crippen molar-refractivity contribution in [2.24, 2.45) is 0 Å². The molecule has 5 aromatic rings. The van der Waals surface area contributed by atoms with Gasteiger partial charge in [0.25, 0.3) is 0 Å². The summed E-state index contributed by atoms with van der Waals surface area (Å²) in [7, 11) is 0. The molecule has 0 spiro atoms. The number of benzene rings is 5. The van der Waals surface area contributed by atoms with Gasteiger partial charge in [0.15, 0.2) is 0 Å². The van der Waals surface area contributed by atoms with Crippen LogP contribution in [0.3, 0.4) is 0 Å². The first-order chi connectivity index (χ1) is 15.3. The maximum absolute atomic E-state index is 2.54. The molecule has 0 saturated carbocycles. The van der Waals surface area contributed by atoms with E-state index in [0.29, 0.717) is 0 Å². The molecule has 0 bridgehead atoms. The molecule has 0 radical (unpaired) electrons. The molecule has 148 valence electrons. The van der Waals surface area contributed by atoms with Gasteiger partial charge < -0.3 is 0 Å². The molecule has 0 aromatic heterocycles. The van der Waals surface area contributed by atoms with Gasteiger partial charge >= 0.3 is 0 Å². The van der Waals surface area contributed by atoms with E-state index in [1.165, 1.54) is 47.7 Å². The first-order valence-electron chi connectivity index (χ1n) is 10.4. The van der Waals surface area contributed by atoms with Gasteiger partial charge in [0.2, 0.25) is 0 Å². The molecule has 0 amide bonds. The summed E-state index contributed by atoms with van der Waals surface area (Å²) in [6.45, 7) is 0. The van der Waals surface area contributed by atoms with Crippen molar-refractivity contribution in [2.45, 2.75) is 0 Å². The summed E-state index contributed by atoms with van der Waals surface area (Å²) < 4.78 is 1.25. The topological polar surface area (TPSA) is 0 Å².